The smallest absolute Gasteiger partial charge is 0.306 e. The maximum atomic E-state index is 12.5. The lowest BCUT2D eigenvalue weighted by atomic mass is 10.1. The van der Waals surface area contributed by atoms with Gasteiger partial charge in [0.25, 0.3) is 0 Å². The van der Waals surface area contributed by atoms with Crippen molar-refractivity contribution >= 4 is 11.9 Å². The molecule has 0 aromatic carbocycles. The first-order valence-electron chi connectivity index (χ1n) is 21.7. The van der Waals surface area contributed by atoms with Crippen LogP contribution in [0.3, 0.4) is 0 Å². The van der Waals surface area contributed by atoms with E-state index in [1.165, 1.54) is 6.42 Å². The summed E-state index contributed by atoms with van der Waals surface area (Å²) in [6, 6.07) is 0. The van der Waals surface area contributed by atoms with Crippen LogP contribution in [0.5, 0.6) is 0 Å². The maximum absolute atomic E-state index is 12.5. The first-order valence-corrected chi connectivity index (χ1v) is 21.7. The number of esters is 2. The topological polar surface area (TPSA) is 61.8 Å². The van der Waals surface area contributed by atoms with Crippen molar-refractivity contribution < 1.29 is 23.8 Å². The number of unbranched alkanes of at least 4 members (excludes halogenated alkanes) is 4. The van der Waals surface area contributed by atoms with Crippen LogP contribution in [0, 0.1) is 0 Å². The van der Waals surface area contributed by atoms with Crippen molar-refractivity contribution in [2.45, 2.75) is 155 Å². The average Bonchev–Trinajstić information content (AvgIpc) is 3.20. The summed E-state index contributed by atoms with van der Waals surface area (Å²) in [6.07, 6.45) is 65.1. The lowest BCUT2D eigenvalue weighted by molar-refractivity contribution is -0.162. The molecule has 5 nitrogen and oxygen atoms in total. The van der Waals surface area contributed by atoms with Crippen molar-refractivity contribution in [1.82, 2.24) is 0 Å². The molecule has 0 heterocycles. The van der Waals surface area contributed by atoms with Gasteiger partial charge >= 0.3 is 11.9 Å². The Bertz CT molecular complexity index is 1240. The predicted octanol–water partition coefficient (Wildman–Crippen LogP) is 14.4. The van der Waals surface area contributed by atoms with E-state index in [0.717, 1.165) is 103 Å². The van der Waals surface area contributed by atoms with Crippen LogP contribution in [0.25, 0.3) is 0 Å². The molecule has 0 aliphatic carbocycles. The molecule has 1 unspecified atom stereocenters. The zero-order valence-corrected chi connectivity index (χ0v) is 35.6. The van der Waals surface area contributed by atoms with Gasteiger partial charge in [0.15, 0.2) is 6.10 Å². The van der Waals surface area contributed by atoms with Crippen molar-refractivity contribution in [2.75, 3.05) is 19.8 Å². The van der Waals surface area contributed by atoms with Crippen LogP contribution in [-0.2, 0) is 23.8 Å². The van der Waals surface area contributed by atoms with Crippen molar-refractivity contribution in [3.05, 3.63) is 134 Å². The minimum Gasteiger partial charge on any atom is -0.462 e. The molecule has 0 saturated heterocycles. The van der Waals surface area contributed by atoms with Crippen molar-refractivity contribution in [3.8, 4) is 0 Å². The molecule has 0 N–H and O–H groups in total. The monoisotopic (exact) mass is 771 g/mol. The summed E-state index contributed by atoms with van der Waals surface area (Å²) >= 11 is 0. The van der Waals surface area contributed by atoms with Crippen LogP contribution < -0.4 is 0 Å². The fourth-order valence-electron chi connectivity index (χ4n) is 5.07. The Balaban J connectivity index is 4.35. The first-order chi connectivity index (χ1) is 27.6. The molecule has 5 heteroatoms. The van der Waals surface area contributed by atoms with Crippen LogP contribution in [0.15, 0.2) is 134 Å². The molecular formula is C51H78O5. The molecule has 0 aromatic rings. The van der Waals surface area contributed by atoms with E-state index in [1.807, 2.05) is 6.08 Å². The van der Waals surface area contributed by atoms with Gasteiger partial charge < -0.3 is 14.2 Å². The summed E-state index contributed by atoms with van der Waals surface area (Å²) in [4.78, 5) is 25.0. The number of allylic oxidation sites excluding steroid dienone is 21. The zero-order valence-electron chi connectivity index (χ0n) is 35.6. The van der Waals surface area contributed by atoms with E-state index < -0.39 is 6.10 Å². The van der Waals surface area contributed by atoms with Crippen LogP contribution in [-0.4, -0.2) is 37.9 Å². The fraction of sp³-hybridized carbons (Fsp3) is 0.529. The number of ether oxygens (including phenoxy) is 3. The Kier molecular flexibility index (Phi) is 42.2. The van der Waals surface area contributed by atoms with Gasteiger partial charge in [-0.05, 0) is 89.9 Å². The summed E-state index contributed by atoms with van der Waals surface area (Å²) in [5.41, 5.74) is 0. The van der Waals surface area contributed by atoms with E-state index in [9.17, 15) is 9.59 Å². The summed E-state index contributed by atoms with van der Waals surface area (Å²) in [5.74, 6) is -0.564. The minimum atomic E-state index is -0.610. The highest BCUT2D eigenvalue weighted by Gasteiger charge is 2.17. The summed E-state index contributed by atoms with van der Waals surface area (Å²) in [7, 11) is 0. The second-order valence-electron chi connectivity index (χ2n) is 13.5. The van der Waals surface area contributed by atoms with Gasteiger partial charge in [-0.2, -0.15) is 0 Å². The Morgan fingerprint density at radius 2 is 0.804 bits per heavy atom. The molecule has 0 aliphatic rings. The molecule has 1 atom stereocenters. The number of hydrogen-bond donors (Lipinski definition) is 0. The molecule has 0 rings (SSSR count). The molecule has 0 aliphatic heterocycles. The van der Waals surface area contributed by atoms with Gasteiger partial charge in [0.05, 0.1) is 13.2 Å². The van der Waals surface area contributed by atoms with Crippen LogP contribution >= 0.6 is 0 Å². The molecule has 0 fully saturated rings. The highest BCUT2D eigenvalue weighted by Crippen LogP contribution is 2.08. The molecule has 0 bridgehead atoms. The van der Waals surface area contributed by atoms with Gasteiger partial charge in [-0.3, -0.25) is 9.59 Å². The Hall–Kier alpha value is -3.96. The molecule has 0 radical (unpaired) electrons. The van der Waals surface area contributed by atoms with Gasteiger partial charge in [-0.1, -0.05) is 180 Å². The minimum absolute atomic E-state index is 0.00578. The third-order valence-electron chi connectivity index (χ3n) is 8.21. The van der Waals surface area contributed by atoms with Gasteiger partial charge in [0, 0.05) is 12.8 Å². The van der Waals surface area contributed by atoms with Gasteiger partial charge in [-0.15, -0.1) is 0 Å². The van der Waals surface area contributed by atoms with E-state index >= 15 is 0 Å². The number of carbonyl (C=O) groups is 2. The first kappa shape index (κ1) is 52.0. The zero-order chi connectivity index (χ0) is 40.7. The normalized spacial score (nSPS) is 13.6. The van der Waals surface area contributed by atoms with E-state index in [-0.39, 0.29) is 31.6 Å². The second-order valence-corrected chi connectivity index (χ2v) is 13.5. The van der Waals surface area contributed by atoms with Crippen LogP contribution in [0.1, 0.15) is 149 Å². The summed E-state index contributed by atoms with van der Waals surface area (Å²) in [5, 5.41) is 0. The highest BCUT2D eigenvalue weighted by molar-refractivity contribution is 5.70. The molecule has 312 valence electrons. The maximum Gasteiger partial charge on any atom is 0.306 e. The molecule has 0 saturated carbocycles. The van der Waals surface area contributed by atoms with Crippen LogP contribution in [0.2, 0.25) is 0 Å². The number of hydrogen-bond acceptors (Lipinski definition) is 5. The third-order valence-corrected chi connectivity index (χ3v) is 8.21. The van der Waals surface area contributed by atoms with Crippen molar-refractivity contribution in [3.63, 3.8) is 0 Å². The van der Waals surface area contributed by atoms with Gasteiger partial charge in [-0.25, -0.2) is 0 Å². The molecule has 0 spiro atoms. The second kappa shape index (κ2) is 45.4. The van der Waals surface area contributed by atoms with E-state index in [4.69, 9.17) is 14.2 Å². The lowest BCUT2D eigenvalue weighted by Crippen LogP contribution is -2.30. The predicted molar refractivity (Wildman–Crippen MR) is 242 cm³/mol. The molecule has 0 aromatic heterocycles. The number of rotatable bonds is 37. The van der Waals surface area contributed by atoms with E-state index in [1.54, 1.807) is 0 Å². The summed E-state index contributed by atoms with van der Waals surface area (Å²) in [6.45, 7) is 7.19. The van der Waals surface area contributed by atoms with Gasteiger partial charge in [0.2, 0.25) is 0 Å². The van der Waals surface area contributed by atoms with E-state index in [0.29, 0.717) is 19.4 Å². The Labute approximate surface area is 343 Å². The number of carbonyl (C=O) groups excluding carboxylic acids is 2. The fourth-order valence-corrected chi connectivity index (χ4v) is 5.07. The van der Waals surface area contributed by atoms with Gasteiger partial charge in [0.1, 0.15) is 6.61 Å². The Morgan fingerprint density at radius 3 is 1.23 bits per heavy atom. The molecule has 0 amide bonds. The van der Waals surface area contributed by atoms with Crippen molar-refractivity contribution in [1.29, 1.82) is 0 Å². The quantitative estimate of drug-likeness (QED) is 0.0358. The largest absolute Gasteiger partial charge is 0.462 e. The SMILES string of the molecule is CC/C=C\C/C=C\C/C=C\C/C=C\C/C=C\C/C=C\CCC(=O)OCC(COCC/C=C\C/C=C\C/C=C\C/C=C\C/C=C\CC)OC(=O)CCCCCCC. The van der Waals surface area contributed by atoms with Crippen molar-refractivity contribution in [2.24, 2.45) is 0 Å². The van der Waals surface area contributed by atoms with E-state index in [2.05, 4.69) is 148 Å². The Morgan fingerprint density at radius 1 is 0.411 bits per heavy atom. The standard InChI is InChI=1S/C51H78O5/c1-4-7-10-13-15-17-19-21-23-25-26-27-28-30-32-34-36-39-41-44-50(52)55-48-49(56-51(53)45-42-38-12-9-6-3)47-54-46-43-40-37-35-33-31-29-24-22-20-18-16-14-11-8-5-2/h7-8,10-11,15-18,21-24,26-27,30-33,36-37,39-40,49H,4-6,9,12-14,19-20,25,28-29,34-35,38,41-48H2,1-3H3/b10-7-,11-8-,17-15-,18-16-,23-21-,24-22-,27-26-,32-30-,33-31-,39-36-,40-37-. The highest BCUT2D eigenvalue weighted by atomic mass is 16.6. The lowest BCUT2D eigenvalue weighted by Gasteiger charge is -2.18. The molecule has 56 heavy (non-hydrogen) atoms. The summed E-state index contributed by atoms with van der Waals surface area (Å²) < 4.78 is 17.0. The van der Waals surface area contributed by atoms with Crippen LogP contribution in [0.4, 0.5) is 0 Å². The third kappa shape index (κ3) is 42.8. The molecular weight excluding hydrogens is 693 g/mol. The average molecular weight is 771 g/mol.